The molecule has 2 aliphatic carbocycles. The lowest BCUT2D eigenvalue weighted by Gasteiger charge is -2.29. The van der Waals surface area contributed by atoms with Crippen LogP contribution >= 0.6 is 0 Å². The number of amides is 2. The molecule has 1 aromatic rings. The van der Waals surface area contributed by atoms with Crippen molar-refractivity contribution in [2.24, 2.45) is 5.92 Å². The number of fused-ring (bicyclic) bond motifs is 1. The topological polar surface area (TPSA) is 67.4 Å². The fraction of sp³-hybridized carbons (Fsp3) is 0.619. The molecule has 2 aliphatic rings. The highest BCUT2D eigenvalue weighted by Gasteiger charge is 2.36. The van der Waals surface area contributed by atoms with Gasteiger partial charge in [0.05, 0.1) is 12.0 Å². The van der Waals surface area contributed by atoms with Crippen molar-refractivity contribution in [2.45, 2.75) is 77.0 Å². The van der Waals surface area contributed by atoms with E-state index in [0.29, 0.717) is 0 Å². The average Bonchev–Trinajstić information content (AvgIpc) is 3.01. The van der Waals surface area contributed by atoms with E-state index < -0.39 is 11.7 Å². The van der Waals surface area contributed by atoms with E-state index in [1.807, 2.05) is 26.8 Å². The molecular weight excluding hydrogens is 328 g/mol. The molecule has 1 saturated carbocycles. The van der Waals surface area contributed by atoms with Crippen LogP contribution in [0.2, 0.25) is 0 Å². The number of carbonyl (C=O) groups excluding carboxylic acids is 2. The normalized spacial score (nSPS) is 25.3. The molecule has 1 fully saturated rings. The van der Waals surface area contributed by atoms with Crippen molar-refractivity contribution in [3.8, 4) is 0 Å². The van der Waals surface area contributed by atoms with E-state index in [-0.39, 0.29) is 23.9 Å². The smallest absolute Gasteiger partial charge is 0.407 e. The molecule has 5 nitrogen and oxygen atoms in total. The van der Waals surface area contributed by atoms with Gasteiger partial charge in [-0.05, 0) is 64.0 Å². The molecule has 0 spiro atoms. The maximum Gasteiger partial charge on any atom is 0.407 e. The second-order valence-corrected chi connectivity index (χ2v) is 8.44. The molecule has 1 aromatic carbocycles. The van der Waals surface area contributed by atoms with Gasteiger partial charge < -0.3 is 15.4 Å². The molecule has 3 rings (SSSR count). The summed E-state index contributed by atoms with van der Waals surface area (Å²) in [5.74, 6) is -0.137. The zero-order valence-electron chi connectivity index (χ0n) is 16.0. The van der Waals surface area contributed by atoms with Crippen molar-refractivity contribution in [2.75, 3.05) is 0 Å². The summed E-state index contributed by atoms with van der Waals surface area (Å²) >= 11 is 0. The maximum absolute atomic E-state index is 12.9. The third kappa shape index (κ3) is 4.57. The number of carbonyl (C=O) groups is 2. The molecule has 142 valence electrons. The van der Waals surface area contributed by atoms with E-state index in [2.05, 4.69) is 28.8 Å². The monoisotopic (exact) mass is 358 g/mol. The van der Waals surface area contributed by atoms with Crippen molar-refractivity contribution >= 4 is 12.0 Å². The molecular formula is C21H30N2O3. The van der Waals surface area contributed by atoms with E-state index in [9.17, 15) is 9.59 Å². The Bertz CT molecular complexity index is 665. The molecule has 0 bridgehead atoms. The van der Waals surface area contributed by atoms with Crippen LogP contribution in [-0.2, 0) is 16.0 Å². The highest BCUT2D eigenvalue weighted by molar-refractivity contribution is 5.81. The summed E-state index contributed by atoms with van der Waals surface area (Å²) in [6, 6.07) is 8.28. The van der Waals surface area contributed by atoms with Crippen molar-refractivity contribution in [3.63, 3.8) is 0 Å². The fourth-order valence-electron chi connectivity index (χ4n) is 4.09. The van der Waals surface area contributed by atoms with Crippen LogP contribution in [-0.4, -0.2) is 23.6 Å². The van der Waals surface area contributed by atoms with Gasteiger partial charge in [0.25, 0.3) is 0 Å². The predicted octanol–water partition coefficient (Wildman–Crippen LogP) is 3.87. The molecule has 0 unspecified atom stereocenters. The van der Waals surface area contributed by atoms with Crippen molar-refractivity contribution in [1.29, 1.82) is 0 Å². The highest BCUT2D eigenvalue weighted by Crippen LogP contribution is 2.32. The summed E-state index contributed by atoms with van der Waals surface area (Å²) in [4.78, 5) is 25.0. The number of nitrogens with one attached hydrogen (secondary N) is 2. The van der Waals surface area contributed by atoms with Crippen LogP contribution in [0, 0.1) is 5.92 Å². The Morgan fingerprint density at radius 1 is 1.04 bits per heavy atom. The zero-order chi connectivity index (χ0) is 18.7. The minimum Gasteiger partial charge on any atom is -0.444 e. The Hall–Kier alpha value is -2.04. The molecule has 0 aliphatic heterocycles. The summed E-state index contributed by atoms with van der Waals surface area (Å²) in [6.45, 7) is 5.52. The number of hydrogen-bond acceptors (Lipinski definition) is 3. The van der Waals surface area contributed by atoms with Crippen LogP contribution in [0.25, 0.3) is 0 Å². The van der Waals surface area contributed by atoms with E-state index >= 15 is 0 Å². The van der Waals surface area contributed by atoms with E-state index in [1.54, 1.807) is 0 Å². The second-order valence-electron chi connectivity index (χ2n) is 8.44. The first-order chi connectivity index (χ1) is 12.3. The molecule has 2 N–H and O–H groups in total. The van der Waals surface area contributed by atoms with Gasteiger partial charge >= 0.3 is 6.09 Å². The lowest BCUT2D eigenvalue weighted by Crippen LogP contribution is -2.46. The average molecular weight is 358 g/mol. The minimum absolute atomic E-state index is 0.0465. The summed E-state index contributed by atoms with van der Waals surface area (Å²) < 4.78 is 5.34. The molecule has 0 aromatic heterocycles. The third-order valence-electron chi connectivity index (χ3n) is 5.24. The number of hydrogen-bond donors (Lipinski definition) is 2. The molecule has 5 heteroatoms. The second kappa shape index (κ2) is 7.68. The predicted molar refractivity (Wildman–Crippen MR) is 101 cm³/mol. The van der Waals surface area contributed by atoms with E-state index in [0.717, 1.165) is 38.5 Å². The van der Waals surface area contributed by atoms with Gasteiger partial charge in [0.2, 0.25) is 5.91 Å². The SMILES string of the molecule is CC(C)(C)OC(=O)N[C@@H]1CCC[C@H]1C(=O)N[C@@H]1CCCc2ccccc21. The van der Waals surface area contributed by atoms with Gasteiger partial charge in [-0.25, -0.2) is 4.79 Å². The lowest BCUT2D eigenvalue weighted by atomic mass is 9.87. The number of benzene rings is 1. The molecule has 26 heavy (non-hydrogen) atoms. The van der Waals surface area contributed by atoms with Crippen LogP contribution in [0.3, 0.4) is 0 Å². The Balaban J connectivity index is 1.62. The van der Waals surface area contributed by atoms with Crippen LogP contribution in [0.15, 0.2) is 24.3 Å². The quantitative estimate of drug-likeness (QED) is 0.862. The van der Waals surface area contributed by atoms with Gasteiger partial charge in [-0.3, -0.25) is 4.79 Å². The van der Waals surface area contributed by atoms with Crippen LogP contribution in [0.5, 0.6) is 0 Å². The molecule has 0 saturated heterocycles. The number of alkyl carbamates (subject to hydrolysis) is 1. The van der Waals surface area contributed by atoms with Crippen molar-refractivity contribution in [3.05, 3.63) is 35.4 Å². The Morgan fingerprint density at radius 2 is 1.81 bits per heavy atom. The lowest BCUT2D eigenvalue weighted by molar-refractivity contribution is -0.126. The molecule has 2 amide bonds. The summed E-state index contributed by atoms with van der Waals surface area (Å²) in [6.07, 6.45) is 5.27. The van der Waals surface area contributed by atoms with Gasteiger partial charge in [-0.2, -0.15) is 0 Å². The summed E-state index contributed by atoms with van der Waals surface area (Å²) in [7, 11) is 0. The first-order valence-corrected chi connectivity index (χ1v) is 9.71. The van der Waals surface area contributed by atoms with Crippen molar-refractivity contribution in [1.82, 2.24) is 10.6 Å². The summed E-state index contributed by atoms with van der Waals surface area (Å²) in [5, 5.41) is 6.14. The molecule has 0 heterocycles. The van der Waals surface area contributed by atoms with Gasteiger partial charge in [0.1, 0.15) is 5.60 Å². The highest BCUT2D eigenvalue weighted by atomic mass is 16.6. The maximum atomic E-state index is 12.9. The zero-order valence-corrected chi connectivity index (χ0v) is 16.0. The Labute approximate surface area is 155 Å². The number of rotatable bonds is 3. The van der Waals surface area contributed by atoms with Crippen molar-refractivity contribution < 1.29 is 14.3 Å². The molecule has 3 atom stereocenters. The summed E-state index contributed by atoms with van der Waals surface area (Å²) in [5.41, 5.74) is 2.03. The van der Waals surface area contributed by atoms with Crippen LogP contribution < -0.4 is 10.6 Å². The number of ether oxygens (including phenoxy) is 1. The third-order valence-corrected chi connectivity index (χ3v) is 5.24. The van der Waals surface area contributed by atoms with Gasteiger partial charge in [0, 0.05) is 6.04 Å². The first-order valence-electron chi connectivity index (χ1n) is 9.71. The largest absolute Gasteiger partial charge is 0.444 e. The molecule has 0 radical (unpaired) electrons. The van der Waals surface area contributed by atoms with Crippen LogP contribution in [0.4, 0.5) is 4.79 Å². The first kappa shape index (κ1) is 18.7. The standard InChI is InChI=1S/C21H30N2O3/c1-21(2,3)26-20(25)23-18-13-7-11-16(18)19(24)22-17-12-6-9-14-8-4-5-10-15(14)17/h4-5,8,10,16-18H,6-7,9,11-13H2,1-3H3,(H,22,24)(H,23,25)/t16-,17-,18-/m1/s1. The Kier molecular flexibility index (Phi) is 5.54. The van der Waals surface area contributed by atoms with Crippen LogP contribution in [0.1, 0.15) is 70.0 Å². The van der Waals surface area contributed by atoms with Gasteiger partial charge in [0.15, 0.2) is 0 Å². The minimum atomic E-state index is -0.535. The van der Waals surface area contributed by atoms with E-state index in [1.165, 1.54) is 11.1 Å². The van der Waals surface area contributed by atoms with Gasteiger partial charge in [-0.15, -0.1) is 0 Å². The fourth-order valence-corrected chi connectivity index (χ4v) is 4.09. The van der Waals surface area contributed by atoms with Gasteiger partial charge in [-0.1, -0.05) is 30.7 Å². The number of aryl methyl sites for hydroxylation is 1. The Morgan fingerprint density at radius 3 is 2.58 bits per heavy atom. The van der Waals surface area contributed by atoms with E-state index in [4.69, 9.17) is 4.74 Å².